The maximum Gasteiger partial charge on any atom is 0.317 e. The highest BCUT2D eigenvalue weighted by molar-refractivity contribution is 7.11. The molecule has 7 heteroatoms. The molecule has 1 aliphatic heterocycles. The molecule has 2 heterocycles. The van der Waals surface area contributed by atoms with Crippen LogP contribution in [0.1, 0.15) is 9.88 Å². The molecular weight excluding hydrogens is 242 g/mol. The van der Waals surface area contributed by atoms with Gasteiger partial charge in [0.15, 0.2) is 0 Å². The summed E-state index contributed by atoms with van der Waals surface area (Å²) in [6.45, 7) is 2.94. The fourth-order valence-electron chi connectivity index (χ4n) is 1.56. The largest absolute Gasteiger partial charge is 0.481 e. The monoisotopic (exact) mass is 255 g/mol. The van der Waals surface area contributed by atoms with Crippen molar-refractivity contribution in [3.8, 4) is 0 Å². The molecule has 1 fully saturated rings. The third-order valence-electron chi connectivity index (χ3n) is 2.60. The number of carbonyl (C=O) groups excluding carboxylic acids is 1. The first-order chi connectivity index (χ1) is 8.06. The standard InChI is InChI=1S/C10H13N3O3S/c1-6-11-2-8(17-6)3-12-10(16)13-4-7(5-13)9(14)15/h2,7H,3-5H2,1H3,(H,12,16)(H,14,15). The number of hydrogen-bond donors (Lipinski definition) is 2. The van der Waals surface area contributed by atoms with Gasteiger partial charge < -0.3 is 15.3 Å². The maximum absolute atomic E-state index is 11.6. The van der Waals surface area contributed by atoms with E-state index in [0.29, 0.717) is 19.6 Å². The highest BCUT2D eigenvalue weighted by Crippen LogP contribution is 2.16. The van der Waals surface area contributed by atoms with Crippen molar-refractivity contribution < 1.29 is 14.7 Å². The lowest BCUT2D eigenvalue weighted by molar-refractivity contribution is -0.146. The number of aliphatic carboxylic acids is 1. The Morgan fingerprint density at radius 2 is 2.35 bits per heavy atom. The first-order valence-electron chi connectivity index (χ1n) is 5.23. The number of urea groups is 1. The molecule has 0 spiro atoms. The van der Waals surface area contributed by atoms with E-state index < -0.39 is 11.9 Å². The SMILES string of the molecule is Cc1ncc(CNC(=O)N2CC(C(=O)O)C2)s1. The van der Waals surface area contributed by atoms with Crippen molar-refractivity contribution in [2.45, 2.75) is 13.5 Å². The van der Waals surface area contributed by atoms with Crippen LogP contribution >= 0.6 is 11.3 Å². The van der Waals surface area contributed by atoms with Gasteiger partial charge in [0.1, 0.15) is 0 Å². The van der Waals surface area contributed by atoms with Crippen LogP contribution in [-0.4, -0.2) is 40.1 Å². The van der Waals surface area contributed by atoms with Gasteiger partial charge in [-0.15, -0.1) is 11.3 Å². The summed E-state index contributed by atoms with van der Waals surface area (Å²) < 4.78 is 0. The number of aromatic nitrogens is 1. The summed E-state index contributed by atoms with van der Waals surface area (Å²) in [5.41, 5.74) is 0. The summed E-state index contributed by atoms with van der Waals surface area (Å²) in [5.74, 6) is -1.25. The molecular formula is C10H13N3O3S. The summed E-state index contributed by atoms with van der Waals surface area (Å²) in [5, 5.41) is 12.4. The number of carbonyl (C=O) groups is 2. The molecule has 92 valence electrons. The van der Waals surface area contributed by atoms with Crippen molar-refractivity contribution in [2.75, 3.05) is 13.1 Å². The topological polar surface area (TPSA) is 82.5 Å². The number of nitrogens with zero attached hydrogens (tertiary/aromatic N) is 2. The Hall–Kier alpha value is -1.63. The average Bonchev–Trinajstić information content (AvgIpc) is 2.58. The lowest BCUT2D eigenvalue weighted by Gasteiger charge is -2.36. The molecule has 2 rings (SSSR count). The van der Waals surface area contributed by atoms with Crippen LogP contribution in [0, 0.1) is 12.8 Å². The summed E-state index contributed by atoms with van der Waals surface area (Å²) in [7, 11) is 0. The Labute approximate surface area is 102 Å². The van der Waals surface area contributed by atoms with E-state index in [4.69, 9.17) is 5.11 Å². The van der Waals surface area contributed by atoms with Crippen LogP contribution in [0.2, 0.25) is 0 Å². The molecule has 1 saturated heterocycles. The molecule has 0 atom stereocenters. The van der Waals surface area contributed by atoms with Crippen LogP contribution in [0.25, 0.3) is 0 Å². The summed E-state index contributed by atoms with van der Waals surface area (Å²) in [6.07, 6.45) is 1.73. The third kappa shape index (κ3) is 2.73. The molecule has 2 N–H and O–H groups in total. The second-order valence-electron chi connectivity index (χ2n) is 3.94. The van der Waals surface area contributed by atoms with Crippen LogP contribution in [0.4, 0.5) is 4.79 Å². The lowest BCUT2D eigenvalue weighted by atomic mass is 10.0. The predicted molar refractivity (Wildman–Crippen MR) is 61.8 cm³/mol. The number of likely N-dealkylation sites (tertiary alicyclic amines) is 1. The number of nitrogens with one attached hydrogen (secondary N) is 1. The quantitative estimate of drug-likeness (QED) is 0.832. The summed E-state index contributed by atoms with van der Waals surface area (Å²) >= 11 is 1.53. The molecule has 17 heavy (non-hydrogen) atoms. The summed E-state index contributed by atoms with van der Waals surface area (Å²) in [4.78, 5) is 28.7. The van der Waals surface area contributed by atoms with Gasteiger partial charge in [-0.1, -0.05) is 0 Å². The van der Waals surface area contributed by atoms with Crippen LogP contribution in [0.5, 0.6) is 0 Å². The fraction of sp³-hybridized carbons (Fsp3) is 0.500. The minimum atomic E-state index is -0.841. The number of rotatable bonds is 3. The molecule has 0 aliphatic carbocycles. The van der Waals surface area contributed by atoms with E-state index >= 15 is 0 Å². The Morgan fingerprint density at radius 1 is 1.65 bits per heavy atom. The highest BCUT2D eigenvalue weighted by atomic mass is 32.1. The number of carboxylic acids is 1. The number of carboxylic acid groups (broad SMARTS) is 1. The van der Waals surface area contributed by atoms with Gasteiger partial charge in [-0.05, 0) is 6.92 Å². The number of thiazole rings is 1. The Bertz CT molecular complexity index is 440. The van der Waals surface area contributed by atoms with E-state index in [9.17, 15) is 9.59 Å². The number of amides is 2. The molecule has 6 nitrogen and oxygen atoms in total. The van der Waals surface area contributed by atoms with Gasteiger partial charge in [0.2, 0.25) is 0 Å². The van der Waals surface area contributed by atoms with Gasteiger partial charge in [0.05, 0.1) is 17.5 Å². The molecule has 0 radical (unpaired) electrons. The Morgan fingerprint density at radius 3 is 2.88 bits per heavy atom. The van der Waals surface area contributed by atoms with Gasteiger partial charge in [0.25, 0.3) is 0 Å². The average molecular weight is 255 g/mol. The fourth-order valence-corrected chi connectivity index (χ4v) is 2.30. The smallest absolute Gasteiger partial charge is 0.317 e. The van der Waals surface area contributed by atoms with Gasteiger partial charge in [-0.3, -0.25) is 4.79 Å². The normalized spacial score (nSPS) is 15.5. The molecule has 0 saturated carbocycles. The highest BCUT2D eigenvalue weighted by Gasteiger charge is 2.35. The molecule has 0 aromatic carbocycles. The predicted octanol–water partition coefficient (Wildman–Crippen LogP) is 0.678. The molecule has 1 aliphatic rings. The van der Waals surface area contributed by atoms with Gasteiger partial charge in [-0.2, -0.15) is 0 Å². The second kappa shape index (κ2) is 4.70. The van der Waals surface area contributed by atoms with E-state index in [2.05, 4.69) is 10.3 Å². The van der Waals surface area contributed by atoms with Gasteiger partial charge >= 0.3 is 12.0 Å². The van der Waals surface area contributed by atoms with Crippen LogP contribution in [0.15, 0.2) is 6.20 Å². The maximum atomic E-state index is 11.6. The molecule has 0 bridgehead atoms. The summed E-state index contributed by atoms with van der Waals surface area (Å²) in [6, 6.07) is -0.214. The van der Waals surface area contributed by atoms with Crippen molar-refractivity contribution in [3.05, 3.63) is 16.1 Å². The van der Waals surface area contributed by atoms with E-state index in [1.165, 1.54) is 16.2 Å². The second-order valence-corrected chi connectivity index (χ2v) is 5.26. The van der Waals surface area contributed by atoms with E-state index in [-0.39, 0.29) is 6.03 Å². The van der Waals surface area contributed by atoms with Crippen molar-refractivity contribution >= 4 is 23.3 Å². The van der Waals surface area contributed by atoms with Gasteiger partial charge in [0, 0.05) is 24.2 Å². The first-order valence-corrected chi connectivity index (χ1v) is 6.05. The van der Waals surface area contributed by atoms with Crippen molar-refractivity contribution in [1.82, 2.24) is 15.2 Å². The number of aryl methyl sites for hydroxylation is 1. The molecule has 1 aromatic rings. The van der Waals surface area contributed by atoms with E-state index in [0.717, 1.165) is 9.88 Å². The number of hydrogen-bond acceptors (Lipinski definition) is 4. The minimum absolute atomic E-state index is 0.214. The minimum Gasteiger partial charge on any atom is -0.481 e. The van der Waals surface area contributed by atoms with Crippen LogP contribution in [0.3, 0.4) is 0 Å². The van der Waals surface area contributed by atoms with Crippen molar-refractivity contribution in [1.29, 1.82) is 0 Å². The van der Waals surface area contributed by atoms with Gasteiger partial charge in [-0.25, -0.2) is 9.78 Å². The van der Waals surface area contributed by atoms with Crippen molar-refractivity contribution in [3.63, 3.8) is 0 Å². The molecule has 2 amide bonds. The zero-order valence-corrected chi connectivity index (χ0v) is 10.2. The molecule has 0 unspecified atom stereocenters. The third-order valence-corrected chi connectivity index (χ3v) is 3.51. The van der Waals surface area contributed by atoms with Crippen LogP contribution in [-0.2, 0) is 11.3 Å². The van der Waals surface area contributed by atoms with E-state index in [1.807, 2.05) is 6.92 Å². The first kappa shape index (κ1) is 11.8. The lowest BCUT2D eigenvalue weighted by Crippen LogP contribution is -2.55. The zero-order chi connectivity index (χ0) is 12.4. The Kier molecular flexibility index (Phi) is 3.28. The van der Waals surface area contributed by atoms with E-state index in [1.54, 1.807) is 6.20 Å². The molecule has 1 aromatic heterocycles. The van der Waals surface area contributed by atoms with Crippen LogP contribution < -0.4 is 5.32 Å². The van der Waals surface area contributed by atoms with Crippen molar-refractivity contribution in [2.24, 2.45) is 5.92 Å². The zero-order valence-electron chi connectivity index (χ0n) is 9.34. The Balaban J connectivity index is 1.74.